The number of carbonyl (C=O) groups is 1. The fourth-order valence-electron chi connectivity index (χ4n) is 1.80. The topological polar surface area (TPSA) is 26.3 Å². The number of benzene rings is 1. The fraction of sp³-hybridized carbons (Fsp3) is 0.357. The molecule has 0 heterocycles. The molecule has 0 spiro atoms. The number of rotatable bonds is 4. The van der Waals surface area contributed by atoms with Crippen LogP contribution in [-0.4, -0.2) is 13.1 Å². The molecule has 5 heteroatoms. The van der Waals surface area contributed by atoms with E-state index in [0.29, 0.717) is 5.56 Å². The minimum atomic E-state index is -4.41. The Hall–Kier alpha value is -1.78. The molecular formula is C14H15F3O2. The van der Waals surface area contributed by atoms with E-state index in [4.69, 9.17) is 0 Å². The molecule has 104 valence electrons. The quantitative estimate of drug-likeness (QED) is 0.617. The van der Waals surface area contributed by atoms with Gasteiger partial charge in [0.05, 0.1) is 18.6 Å². The summed E-state index contributed by atoms with van der Waals surface area (Å²) in [7, 11) is 1.24. The lowest BCUT2D eigenvalue weighted by Crippen LogP contribution is -2.13. The normalized spacial score (nSPS) is 12.9. The monoisotopic (exact) mass is 272 g/mol. The van der Waals surface area contributed by atoms with E-state index in [1.54, 1.807) is 6.92 Å². The Bertz CT molecular complexity index is 478. The molecule has 1 aromatic carbocycles. The number of esters is 1. The Morgan fingerprint density at radius 3 is 2.58 bits per heavy atom. The van der Waals surface area contributed by atoms with Crippen molar-refractivity contribution in [3.63, 3.8) is 0 Å². The summed E-state index contributed by atoms with van der Waals surface area (Å²) in [6, 6.07) is 3.68. The van der Waals surface area contributed by atoms with Crippen molar-refractivity contribution in [1.29, 1.82) is 0 Å². The van der Waals surface area contributed by atoms with Crippen molar-refractivity contribution < 1.29 is 22.7 Å². The third-order valence-corrected chi connectivity index (χ3v) is 2.85. The highest BCUT2D eigenvalue weighted by molar-refractivity contribution is 5.77. The Labute approximate surface area is 109 Å². The standard InChI is InChI=1S/C14H15F3O2/c1-4-5-11-8-10(9(2)13(18)19-3)6-7-12(11)14(15,16)17/h4,6-9H,1,5H2,2-3H3. The summed E-state index contributed by atoms with van der Waals surface area (Å²) in [5, 5.41) is 0. The second-order valence-corrected chi connectivity index (χ2v) is 4.15. The molecule has 0 aliphatic carbocycles. The van der Waals surface area contributed by atoms with Crippen LogP contribution in [0.5, 0.6) is 0 Å². The van der Waals surface area contributed by atoms with Crippen LogP contribution in [0.1, 0.15) is 29.5 Å². The molecule has 1 unspecified atom stereocenters. The first-order valence-electron chi connectivity index (χ1n) is 5.70. The molecule has 0 N–H and O–H groups in total. The van der Waals surface area contributed by atoms with Crippen molar-refractivity contribution in [1.82, 2.24) is 0 Å². The van der Waals surface area contributed by atoms with E-state index < -0.39 is 23.6 Å². The Morgan fingerprint density at radius 1 is 1.47 bits per heavy atom. The summed E-state index contributed by atoms with van der Waals surface area (Å²) < 4.78 is 43.0. The molecule has 0 amide bonds. The van der Waals surface area contributed by atoms with Gasteiger partial charge in [0.25, 0.3) is 0 Å². The van der Waals surface area contributed by atoms with Gasteiger partial charge in [-0.1, -0.05) is 18.2 Å². The fourth-order valence-corrected chi connectivity index (χ4v) is 1.80. The Balaban J connectivity index is 3.23. The highest BCUT2D eigenvalue weighted by Crippen LogP contribution is 2.34. The lowest BCUT2D eigenvalue weighted by molar-refractivity contribution is -0.142. The second-order valence-electron chi connectivity index (χ2n) is 4.15. The zero-order chi connectivity index (χ0) is 14.6. The summed E-state index contributed by atoms with van der Waals surface area (Å²) in [5.74, 6) is -1.08. The SMILES string of the molecule is C=CCc1cc(C(C)C(=O)OC)ccc1C(F)(F)F. The van der Waals surface area contributed by atoms with Crippen LogP contribution in [0.4, 0.5) is 13.2 Å². The van der Waals surface area contributed by atoms with Crippen LogP contribution in [0.15, 0.2) is 30.9 Å². The molecule has 0 bridgehead atoms. The van der Waals surface area contributed by atoms with Crippen LogP contribution < -0.4 is 0 Å². The van der Waals surface area contributed by atoms with E-state index in [1.807, 2.05) is 0 Å². The minimum Gasteiger partial charge on any atom is -0.469 e. The molecule has 0 aliphatic heterocycles. The van der Waals surface area contributed by atoms with Crippen molar-refractivity contribution in [2.75, 3.05) is 7.11 Å². The second kappa shape index (κ2) is 5.91. The average molecular weight is 272 g/mol. The third-order valence-electron chi connectivity index (χ3n) is 2.85. The van der Waals surface area contributed by atoms with Crippen molar-refractivity contribution >= 4 is 5.97 Å². The average Bonchev–Trinajstić information content (AvgIpc) is 2.36. The maximum atomic E-state index is 12.8. The molecule has 0 aliphatic rings. The van der Waals surface area contributed by atoms with Crippen molar-refractivity contribution in [2.45, 2.75) is 25.4 Å². The third kappa shape index (κ3) is 3.59. The zero-order valence-electron chi connectivity index (χ0n) is 10.8. The molecule has 0 aromatic heterocycles. The van der Waals surface area contributed by atoms with E-state index in [9.17, 15) is 18.0 Å². The molecule has 0 saturated carbocycles. The number of halogens is 3. The maximum Gasteiger partial charge on any atom is 0.416 e. The van der Waals surface area contributed by atoms with Crippen LogP contribution in [0.25, 0.3) is 0 Å². The van der Waals surface area contributed by atoms with Gasteiger partial charge in [0.2, 0.25) is 0 Å². The summed E-state index contributed by atoms with van der Waals surface area (Å²) in [5.41, 5.74) is -0.0966. The van der Waals surface area contributed by atoms with Gasteiger partial charge in [0, 0.05) is 0 Å². The van der Waals surface area contributed by atoms with E-state index in [1.165, 1.54) is 25.3 Å². The van der Waals surface area contributed by atoms with Gasteiger partial charge in [0.1, 0.15) is 0 Å². The van der Waals surface area contributed by atoms with E-state index in [2.05, 4.69) is 11.3 Å². The van der Waals surface area contributed by atoms with Gasteiger partial charge in [-0.2, -0.15) is 13.2 Å². The van der Waals surface area contributed by atoms with Gasteiger partial charge >= 0.3 is 12.1 Å². The van der Waals surface area contributed by atoms with Gasteiger partial charge < -0.3 is 4.74 Å². The number of hydrogen-bond acceptors (Lipinski definition) is 2. The largest absolute Gasteiger partial charge is 0.469 e. The first-order chi connectivity index (χ1) is 8.81. The number of allylic oxidation sites excluding steroid dienone is 1. The van der Waals surface area contributed by atoms with Gasteiger partial charge in [-0.25, -0.2) is 0 Å². The number of carbonyl (C=O) groups excluding carboxylic acids is 1. The van der Waals surface area contributed by atoms with E-state index in [-0.39, 0.29) is 12.0 Å². The molecule has 0 radical (unpaired) electrons. The molecule has 1 rings (SSSR count). The van der Waals surface area contributed by atoms with Crippen LogP contribution >= 0.6 is 0 Å². The lowest BCUT2D eigenvalue weighted by Gasteiger charge is -2.15. The predicted octanol–water partition coefficient (Wildman–Crippen LogP) is 3.71. The first kappa shape index (κ1) is 15.3. The zero-order valence-corrected chi connectivity index (χ0v) is 10.8. The van der Waals surface area contributed by atoms with Gasteiger partial charge in [-0.3, -0.25) is 4.79 Å². The summed E-state index contributed by atoms with van der Waals surface area (Å²) in [4.78, 5) is 11.4. The maximum absolute atomic E-state index is 12.8. The molecule has 19 heavy (non-hydrogen) atoms. The molecule has 2 nitrogen and oxygen atoms in total. The van der Waals surface area contributed by atoms with Crippen molar-refractivity contribution in [2.24, 2.45) is 0 Å². The highest BCUT2D eigenvalue weighted by atomic mass is 19.4. The summed E-state index contributed by atoms with van der Waals surface area (Å²) >= 11 is 0. The molecule has 0 saturated heterocycles. The number of ether oxygens (including phenoxy) is 1. The van der Waals surface area contributed by atoms with Crippen molar-refractivity contribution in [3.8, 4) is 0 Å². The molecule has 1 atom stereocenters. The van der Waals surface area contributed by atoms with Gasteiger partial charge in [-0.05, 0) is 30.5 Å². The van der Waals surface area contributed by atoms with Crippen LogP contribution in [-0.2, 0) is 22.1 Å². The van der Waals surface area contributed by atoms with E-state index >= 15 is 0 Å². The molecule has 0 fully saturated rings. The predicted molar refractivity (Wildman–Crippen MR) is 65.8 cm³/mol. The number of methoxy groups -OCH3 is 1. The minimum absolute atomic E-state index is 0.0938. The number of hydrogen-bond donors (Lipinski definition) is 0. The summed E-state index contributed by atoms with van der Waals surface area (Å²) in [6.07, 6.45) is -2.92. The molecular weight excluding hydrogens is 257 g/mol. The first-order valence-corrected chi connectivity index (χ1v) is 5.70. The van der Waals surface area contributed by atoms with Gasteiger partial charge in [0.15, 0.2) is 0 Å². The summed E-state index contributed by atoms with van der Waals surface area (Å²) in [6.45, 7) is 5.04. The Kier molecular flexibility index (Phi) is 4.75. The van der Waals surface area contributed by atoms with Crippen LogP contribution in [0.3, 0.4) is 0 Å². The lowest BCUT2D eigenvalue weighted by atomic mass is 9.94. The Morgan fingerprint density at radius 2 is 2.11 bits per heavy atom. The smallest absolute Gasteiger partial charge is 0.416 e. The molecule has 1 aromatic rings. The van der Waals surface area contributed by atoms with E-state index in [0.717, 1.165) is 6.07 Å². The van der Waals surface area contributed by atoms with Crippen LogP contribution in [0.2, 0.25) is 0 Å². The highest BCUT2D eigenvalue weighted by Gasteiger charge is 2.33. The van der Waals surface area contributed by atoms with Crippen molar-refractivity contribution in [3.05, 3.63) is 47.5 Å². The number of alkyl halides is 3. The van der Waals surface area contributed by atoms with Gasteiger partial charge in [-0.15, -0.1) is 6.58 Å². The van der Waals surface area contributed by atoms with Crippen LogP contribution in [0, 0.1) is 0 Å².